The quantitative estimate of drug-likeness (QED) is 0.803. The van der Waals surface area contributed by atoms with Gasteiger partial charge in [0.25, 0.3) is 0 Å². The van der Waals surface area contributed by atoms with Gasteiger partial charge >= 0.3 is 0 Å². The molecule has 134 valence electrons. The summed E-state index contributed by atoms with van der Waals surface area (Å²) in [7, 11) is 0. The van der Waals surface area contributed by atoms with Crippen molar-refractivity contribution in [3.05, 3.63) is 30.1 Å². The molecule has 0 aliphatic heterocycles. The summed E-state index contributed by atoms with van der Waals surface area (Å²) in [6.45, 7) is 8.66. The number of hydrogen-bond acceptors (Lipinski definition) is 3. The number of nitrogens with one attached hydrogen (secondary N) is 1. The van der Waals surface area contributed by atoms with Crippen molar-refractivity contribution in [3.8, 4) is 0 Å². The molecule has 0 spiro atoms. The van der Waals surface area contributed by atoms with Crippen molar-refractivity contribution in [2.45, 2.75) is 58.5 Å². The van der Waals surface area contributed by atoms with Gasteiger partial charge in [-0.2, -0.15) is 0 Å². The van der Waals surface area contributed by atoms with Crippen LogP contribution in [0.5, 0.6) is 0 Å². The van der Waals surface area contributed by atoms with Crippen LogP contribution in [-0.4, -0.2) is 27.5 Å². The van der Waals surface area contributed by atoms with E-state index in [1.807, 2.05) is 25.1 Å². The van der Waals surface area contributed by atoms with E-state index in [4.69, 9.17) is 10.7 Å². The smallest absolute Gasteiger partial charge is 0.239 e. The Kier molecular flexibility index (Phi) is 7.24. The normalized spacial score (nSPS) is 13.6. The van der Waals surface area contributed by atoms with E-state index in [1.165, 1.54) is 0 Å². The van der Waals surface area contributed by atoms with Crippen molar-refractivity contribution in [2.24, 2.45) is 5.73 Å². The molecule has 1 atom stereocenters. The summed E-state index contributed by atoms with van der Waals surface area (Å²) in [5, 5.41) is 2.95. The lowest BCUT2D eigenvalue weighted by Gasteiger charge is -2.23. The third-order valence-electron chi connectivity index (χ3n) is 4.11. The Hall–Kier alpha value is -1.59. The van der Waals surface area contributed by atoms with Gasteiger partial charge in [-0.3, -0.25) is 4.79 Å². The van der Waals surface area contributed by atoms with E-state index in [9.17, 15) is 4.79 Å². The first kappa shape index (κ1) is 20.5. The number of fused-ring (bicyclic) bond motifs is 1. The van der Waals surface area contributed by atoms with E-state index in [1.54, 1.807) is 6.92 Å². The number of hydrogen-bond donors (Lipinski definition) is 2. The lowest BCUT2D eigenvalue weighted by molar-refractivity contribution is -0.126. The standard InChI is InChI=1S/C18H28N4O.ClH/c1-5-11-18(4,19)17(23)20-12-10-16-21-14-8-6-7-9-15(14)22(16)13(2)3;/h6-9,13H,5,10-12,19H2,1-4H3,(H,20,23);1H. The molecule has 0 radical (unpaired) electrons. The van der Waals surface area contributed by atoms with E-state index in [-0.39, 0.29) is 18.3 Å². The molecule has 1 unspecified atom stereocenters. The number of nitrogens with zero attached hydrogens (tertiary/aromatic N) is 2. The van der Waals surface area contributed by atoms with Crippen LogP contribution in [0.3, 0.4) is 0 Å². The second-order valence-electron chi connectivity index (χ2n) is 6.65. The zero-order valence-corrected chi connectivity index (χ0v) is 15.8. The summed E-state index contributed by atoms with van der Waals surface area (Å²) < 4.78 is 2.23. The molecule has 0 bridgehead atoms. The Labute approximate surface area is 150 Å². The second kappa shape index (κ2) is 8.49. The number of para-hydroxylation sites is 2. The number of carbonyl (C=O) groups is 1. The summed E-state index contributed by atoms with van der Waals surface area (Å²) in [4.78, 5) is 16.9. The van der Waals surface area contributed by atoms with Crippen molar-refractivity contribution in [1.29, 1.82) is 0 Å². The number of aromatic nitrogens is 2. The van der Waals surface area contributed by atoms with Crippen LogP contribution in [-0.2, 0) is 11.2 Å². The van der Waals surface area contributed by atoms with Gasteiger partial charge < -0.3 is 15.6 Å². The van der Waals surface area contributed by atoms with Gasteiger partial charge in [-0.25, -0.2) is 4.98 Å². The van der Waals surface area contributed by atoms with Gasteiger partial charge in [-0.15, -0.1) is 12.4 Å². The Morgan fingerprint density at radius 1 is 1.38 bits per heavy atom. The molecule has 2 rings (SSSR count). The molecular weight excluding hydrogens is 324 g/mol. The highest BCUT2D eigenvalue weighted by Gasteiger charge is 2.26. The van der Waals surface area contributed by atoms with Crippen LogP contribution < -0.4 is 11.1 Å². The van der Waals surface area contributed by atoms with E-state index < -0.39 is 5.54 Å². The van der Waals surface area contributed by atoms with Gasteiger partial charge in [0.15, 0.2) is 0 Å². The zero-order valence-electron chi connectivity index (χ0n) is 15.0. The highest BCUT2D eigenvalue weighted by Crippen LogP contribution is 2.21. The van der Waals surface area contributed by atoms with Crippen molar-refractivity contribution in [1.82, 2.24) is 14.9 Å². The molecule has 0 saturated carbocycles. The molecule has 1 aromatic carbocycles. The van der Waals surface area contributed by atoms with E-state index >= 15 is 0 Å². The molecule has 0 aliphatic carbocycles. The Bertz CT molecular complexity index is 679. The molecule has 2 aromatic rings. The molecule has 0 aliphatic rings. The molecule has 1 heterocycles. The number of imidazole rings is 1. The van der Waals surface area contributed by atoms with Gasteiger partial charge in [0.1, 0.15) is 5.82 Å². The van der Waals surface area contributed by atoms with Crippen LogP contribution in [0.25, 0.3) is 11.0 Å². The summed E-state index contributed by atoms with van der Waals surface area (Å²) in [5.41, 5.74) is 7.39. The summed E-state index contributed by atoms with van der Waals surface area (Å²) in [6.07, 6.45) is 2.27. The molecule has 0 saturated heterocycles. The van der Waals surface area contributed by atoms with Gasteiger partial charge in [0.05, 0.1) is 16.6 Å². The fourth-order valence-corrected chi connectivity index (χ4v) is 2.97. The largest absolute Gasteiger partial charge is 0.354 e. The molecule has 0 fully saturated rings. The van der Waals surface area contributed by atoms with Gasteiger partial charge in [-0.05, 0) is 39.3 Å². The average molecular weight is 353 g/mol. The van der Waals surface area contributed by atoms with Gasteiger partial charge in [-0.1, -0.05) is 25.5 Å². The number of amides is 1. The molecule has 1 amide bonds. The summed E-state index contributed by atoms with van der Waals surface area (Å²) in [6, 6.07) is 8.46. The monoisotopic (exact) mass is 352 g/mol. The summed E-state index contributed by atoms with van der Waals surface area (Å²) >= 11 is 0. The van der Waals surface area contributed by atoms with Crippen LogP contribution in [0.2, 0.25) is 0 Å². The molecular formula is C18H29ClN4O. The maximum Gasteiger partial charge on any atom is 0.239 e. The third kappa shape index (κ3) is 4.48. The Morgan fingerprint density at radius 2 is 2.04 bits per heavy atom. The number of benzene rings is 1. The molecule has 3 N–H and O–H groups in total. The minimum absolute atomic E-state index is 0. The summed E-state index contributed by atoms with van der Waals surface area (Å²) in [5.74, 6) is 0.905. The van der Waals surface area contributed by atoms with E-state index in [0.29, 0.717) is 25.4 Å². The minimum Gasteiger partial charge on any atom is -0.354 e. The predicted octanol–water partition coefficient (Wildman–Crippen LogP) is 3.22. The lowest BCUT2D eigenvalue weighted by atomic mass is 9.96. The van der Waals surface area contributed by atoms with Crippen molar-refractivity contribution < 1.29 is 4.79 Å². The Morgan fingerprint density at radius 3 is 2.67 bits per heavy atom. The van der Waals surface area contributed by atoms with Crippen LogP contribution in [0, 0.1) is 0 Å². The maximum atomic E-state index is 12.2. The topological polar surface area (TPSA) is 72.9 Å². The molecule has 6 heteroatoms. The van der Waals surface area contributed by atoms with Crippen molar-refractivity contribution in [3.63, 3.8) is 0 Å². The number of halogens is 1. The first-order chi connectivity index (χ1) is 10.9. The van der Waals surface area contributed by atoms with Gasteiger partial charge in [0, 0.05) is 19.0 Å². The molecule has 24 heavy (non-hydrogen) atoms. The van der Waals surface area contributed by atoms with Gasteiger partial charge in [0.2, 0.25) is 5.91 Å². The van der Waals surface area contributed by atoms with Crippen LogP contribution in [0.15, 0.2) is 24.3 Å². The first-order valence-electron chi connectivity index (χ1n) is 8.40. The predicted molar refractivity (Wildman–Crippen MR) is 102 cm³/mol. The van der Waals surface area contributed by atoms with Crippen molar-refractivity contribution >= 4 is 29.3 Å². The van der Waals surface area contributed by atoms with Crippen LogP contribution in [0.4, 0.5) is 0 Å². The first-order valence-corrected chi connectivity index (χ1v) is 8.40. The second-order valence-corrected chi connectivity index (χ2v) is 6.65. The molecule has 1 aromatic heterocycles. The SMILES string of the molecule is CCCC(C)(N)C(=O)NCCc1nc2ccccc2n1C(C)C.Cl. The molecule has 5 nitrogen and oxygen atoms in total. The maximum absolute atomic E-state index is 12.2. The fourth-order valence-electron chi connectivity index (χ4n) is 2.97. The minimum atomic E-state index is -0.799. The number of rotatable bonds is 7. The van der Waals surface area contributed by atoms with Crippen molar-refractivity contribution in [2.75, 3.05) is 6.54 Å². The highest BCUT2D eigenvalue weighted by molar-refractivity contribution is 5.85. The van der Waals surface area contributed by atoms with Crippen LogP contribution >= 0.6 is 12.4 Å². The van der Waals surface area contributed by atoms with Crippen LogP contribution in [0.1, 0.15) is 52.4 Å². The van der Waals surface area contributed by atoms with E-state index in [0.717, 1.165) is 23.3 Å². The number of carbonyl (C=O) groups excluding carboxylic acids is 1. The lowest BCUT2D eigenvalue weighted by Crippen LogP contribution is -2.51. The fraction of sp³-hybridized carbons (Fsp3) is 0.556. The Balaban J connectivity index is 0.00000288. The highest BCUT2D eigenvalue weighted by atomic mass is 35.5. The zero-order chi connectivity index (χ0) is 17.0. The third-order valence-corrected chi connectivity index (χ3v) is 4.11. The number of nitrogens with two attached hydrogens (primary N) is 1. The average Bonchev–Trinajstić information content (AvgIpc) is 2.85. The van der Waals surface area contributed by atoms with E-state index in [2.05, 4.69) is 29.8 Å².